The molecule has 3 nitrogen and oxygen atoms in total. The van der Waals surface area contributed by atoms with E-state index >= 15 is 0 Å². The monoisotopic (exact) mass is 286 g/mol. The van der Waals surface area contributed by atoms with E-state index in [1.165, 1.54) is 19.3 Å². The third kappa shape index (κ3) is 3.79. The van der Waals surface area contributed by atoms with Crippen molar-refractivity contribution in [2.24, 2.45) is 0 Å². The lowest BCUT2D eigenvalue weighted by molar-refractivity contribution is 0.244. The lowest BCUT2D eigenvalue weighted by Crippen LogP contribution is -2.38. The number of halogens is 2. The molecule has 2 rings (SSSR count). The summed E-state index contributed by atoms with van der Waals surface area (Å²) in [6, 6.07) is 5.15. The Labute approximate surface area is 117 Å². The van der Waals surface area contributed by atoms with Gasteiger partial charge in [-0.3, -0.25) is 0 Å². The molecule has 1 fully saturated rings. The zero-order chi connectivity index (χ0) is 13.0. The molecule has 0 radical (unpaired) electrons. The van der Waals surface area contributed by atoms with Gasteiger partial charge in [-0.25, -0.2) is 4.79 Å². The molecule has 5 heteroatoms. The zero-order valence-electron chi connectivity index (χ0n) is 10.0. The second kappa shape index (κ2) is 6.30. The highest BCUT2D eigenvalue weighted by atomic mass is 35.5. The maximum absolute atomic E-state index is 11.8. The molecule has 1 aliphatic carbocycles. The van der Waals surface area contributed by atoms with Gasteiger partial charge in [-0.1, -0.05) is 42.5 Å². The van der Waals surface area contributed by atoms with E-state index in [0.717, 1.165) is 12.8 Å². The van der Waals surface area contributed by atoms with E-state index in [2.05, 4.69) is 10.6 Å². The average molecular weight is 287 g/mol. The zero-order valence-corrected chi connectivity index (χ0v) is 11.5. The van der Waals surface area contributed by atoms with Crippen molar-refractivity contribution in [1.82, 2.24) is 5.32 Å². The number of carbonyl (C=O) groups is 1. The van der Waals surface area contributed by atoms with Crippen LogP contribution in [-0.2, 0) is 0 Å². The number of hydrogen-bond acceptors (Lipinski definition) is 1. The van der Waals surface area contributed by atoms with Gasteiger partial charge in [-0.05, 0) is 31.0 Å². The maximum atomic E-state index is 11.8. The Bertz CT molecular complexity index is 431. The summed E-state index contributed by atoms with van der Waals surface area (Å²) in [4.78, 5) is 11.8. The Kier molecular flexibility index (Phi) is 4.72. The summed E-state index contributed by atoms with van der Waals surface area (Å²) in [7, 11) is 0. The van der Waals surface area contributed by atoms with Gasteiger partial charge in [0.15, 0.2) is 0 Å². The minimum atomic E-state index is -0.180. The highest BCUT2D eigenvalue weighted by molar-refractivity contribution is 6.42. The van der Waals surface area contributed by atoms with Gasteiger partial charge in [0.2, 0.25) is 0 Å². The molecule has 0 spiro atoms. The lowest BCUT2D eigenvalue weighted by Gasteiger charge is -2.22. The number of amides is 2. The minimum Gasteiger partial charge on any atom is -0.335 e. The van der Waals surface area contributed by atoms with Gasteiger partial charge in [-0.15, -0.1) is 0 Å². The van der Waals surface area contributed by atoms with E-state index in [-0.39, 0.29) is 6.03 Å². The third-order valence-corrected chi connectivity index (χ3v) is 3.86. The fraction of sp³-hybridized carbons (Fsp3) is 0.462. The van der Waals surface area contributed by atoms with Crippen LogP contribution in [0.4, 0.5) is 10.5 Å². The number of benzene rings is 1. The van der Waals surface area contributed by atoms with Gasteiger partial charge in [-0.2, -0.15) is 0 Å². The molecule has 0 heterocycles. The van der Waals surface area contributed by atoms with Crippen molar-refractivity contribution in [1.29, 1.82) is 0 Å². The van der Waals surface area contributed by atoms with E-state index in [4.69, 9.17) is 23.2 Å². The highest BCUT2D eigenvalue weighted by Gasteiger charge is 2.15. The normalized spacial score (nSPS) is 16.3. The summed E-state index contributed by atoms with van der Waals surface area (Å²) in [6.45, 7) is 0. The molecule has 1 saturated carbocycles. The van der Waals surface area contributed by atoms with E-state index < -0.39 is 0 Å². The summed E-state index contributed by atoms with van der Waals surface area (Å²) in [5.74, 6) is 0. The smallest absolute Gasteiger partial charge is 0.319 e. The minimum absolute atomic E-state index is 0.180. The molecular weight excluding hydrogens is 271 g/mol. The first-order chi connectivity index (χ1) is 8.65. The molecule has 1 aromatic carbocycles. The number of hydrogen-bond donors (Lipinski definition) is 2. The third-order valence-electron chi connectivity index (χ3n) is 3.12. The molecule has 18 heavy (non-hydrogen) atoms. The number of carbonyl (C=O) groups excluding carboxylic acids is 1. The molecule has 1 aromatic rings. The first-order valence-corrected chi connectivity index (χ1v) is 6.93. The fourth-order valence-electron chi connectivity index (χ4n) is 2.17. The average Bonchev–Trinajstić information content (AvgIpc) is 2.35. The van der Waals surface area contributed by atoms with Crippen molar-refractivity contribution in [3.8, 4) is 0 Å². The molecule has 0 bridgehead atoms. The molecule has 0 aromatic heterocycles. The highest BCUT2D eigenvalue weighted by Crippen LogP contribution is 2.25. The SMILES string of the molecule is O=C(Nc1ccc(Cl)c(Cl)c1)NC1CCCCC1. The van der Waals surface area contributed by atoms with Crippen molar-refractivity contribution in [3.63, 3.8) is 0 Å². The van der Waals surface area contributed by atoms with Crippen LogP contribution in [-0.4, -0.2) is 12.1 Å². The van der Waals surface area contributed by atoms with Crippen molar-refractivity contribution in [3.05, 3.63) is 28.2 Å². The Hall–Kier alpha value is -0.930. The fourth-order valence-corrected chi connectivity index (χ4v) is 2.47. The second-order valence-electron chi connectivity index (χ2n) is 4.56. The Morgan fingerprint density at radius 1 is 1.11 bits per heavy atom. The van der Waals surface area contributed by atoms with Gasteiger partial charge >= 0.3 is 6.03 Å². The first kappa shape index (κ1) is 13.5. The van der Waals surface area contributed by atoms with Crippen LogP contribution >= 0.6 is 23.2 Å². The predicted molar refractivity (Wildman–Crippen MR) is 75.5 cm³/mol. The summed E-state index contributed by atoms with van der Waals surface area (Å²) in [5, 5.41) is 6.66. The topological polar surface area (TPSA) is 41.1 Å². The Morgan fingerprint density at radius 2 is 1.83 bits per heavy atom. The van der Waals surface area contributed by atoms with E-state index in [0.29, 0.717) is 21.8 Å². The molecule has 98 valence electrons. The van der Waals surface area contributed by atoms with E-state index in [1.54, 1.807) is 18.2 Å². The molecule has 1 aliphatic rings. The Balaban J connectivity index is 1.88. The largest absolute Gasteiger partial charge is 0.335 e. The summed E-state index contributed by atoms with van der Waals surface area (Å²) in [5.41, 5.74) is 0.651. The van der Waals surface area contributed by atoms with Crippen LogP contribution < -0.4 is 10.6 Å². The van der Waals surface area contributed by atoms with Crippen molar-refractivity contribution in [2.75, 3.05) is 5.32 Å². The van der Waals surface area contributed by atoms with Crippen molar-refractivity contribution >= 4 is 34.9 Å². The standard InChI is InChI=1S/C13H16Cl2N2O/c14-11-7-6-10(8-12(11)15)17-13(18)16-9-4-2-1-3-5-9/h6-9H,1-5H2,(H2,16,17,18). The molecule has 0 unspecified atom stereocenters. The maximum Gasteiger partial charge on any atom is 0.319 e. The van der Waals surface area contributed by atoms with Gasteiger partial charge in [0.25, 0.3) is 0 Å². The number of urea groups is 1. The van der Waals surface area contributed by atoms with Crippen LogP contribution in [0.1, 0.15) is 32.1 Å². The molecule has 0 aliphatic heterocycles. The van der Waals surface area contributed by atoms with Crippen LogP contribution in [0.25, 0.3) is 0 Å². The summed E-state index contributed by atoms with van der Waals surface area (Å²) >= 11 is 11.7. The van der Waals surface area contributed by atoms with Gasteiger partial charge in [0, 0.05) is 11.7 Å². The summed E-state index contributed by atoms with van der Waals surface area (Å²) < 4.78 is 0. The number of rotatable bonds is 2. The summed E-state index contributed by atoms with van der Waals surface area (Å²) in [6.07, 6.45) is 5.78. The quantitative estimate of drug-likeness (QED) is 0.829. The Morgan fingerprint density at radius 3 is 2.50 bits per heavy atom. The van der Waals surface area contributed by atoms with Crippen LogP contribution in [0.5, 0.6) is 0 Å². The van der Waals surface area contributed by atoms with Gasteiger partial charge in [0.1, 0.15) is 0 Å². The predicted octanol–water partition coefficient (Wildman–Crippen LogP) is 4.45. The molecular formula is C13H16Cl2N2O. The number of anilines is 1. The van der Waals surface area contributed by atoms with E-state index in [9.17, 15) is 4.79 Å². The molecule has 0 atom stereocenters. The van der Waals surface area contributed by atoms with Gasteiger partial charge in [0.05, 0.1) is 10.0 Å². The first-order valence-electron chi connectivity index (χ1n) is 6.18. The second-order valence-corrected chi connectivity index (χ2v) is 5.38. The molecule has 2 amide bonds. The van der Waals surface area contributed by atoms with Crippen molar-refractivity contribution < 1.29 is 4.79 Å². The van der Waals surface area contributed by atoms with Crippen molar-refractivity contribution in [2.45, 2.75) is 38.1 Å². The molecule has 0 saturated heterocycles. The van der Waals surface area contributed by atoms with Crippen LogP contribution in [0.3, 0.4) is 0 Å². The van der Waals surface area contributed by atoms with Crippen LogP contribution in [0, 0.1) is 0 Å². The number of nitrogens with one attached hydrogen (secondary N) is 2. The van der Waals surface area contributed by atoms with Gasteiger partial charge < -0.3 is 10.6 Å². The lowest BCUT2D eigenvalue weighted by atomic mass is 9.96. The van der Waals surface area contributed by atoms with Crippen LogP contribution in [0.15, 0.2) is 18.2 Å². The van der Waals surface area contributed by atoms with Crippen LogP contribution in [0.2, 0.25) is 10.0 Å². The molecule has 2 N–H and O–H groups in total. The van der Waals surface area contributed by atoms with E-state index in [1.807, 2.05) is 0 Å².